The first kappa shape index (κ1) is 19.2. The topological polar surface area (TPSA) is 72.8 Å². The van der Waals surface area contributed by atoms with Crippen LogP contribution in [0.2, 0.25) is 0 Å². The third kappa shape index (κ3) is 4.72. The summed E-state index contributed by atoms with van der Waals surface area (Å²) in [6, 6.07) is 10.3. The van der Waals surface area contributed by atoms with E-state index in [0.29, 0.717) is 16.9 Å². The average Bonchev–Trinajstić information content (AvgIpc) is 2.62. The molecule has 0 aliphatic carbocycles. The zero-order valence-corrected chi connectivity index (χ0v) is 15.3. The number of phenols is 1. The molecule has 1 N–H and O–H groups in total. The van der Waals surface area contributed by atoms with Crippen LogP contribution in [-0.2, 0) is 9.53 Å². The van der Waals surface area contributed by atoms with E-state index >= 15 is 0 Å². The third-order valence-corrected chi connectivity index (χ3v) is 3.94. The molecule has 0 bridgehead atoms. The van der Waals surface area contributed by atoms with Gasteiger partial charge in [-0.3, -0.25) is 4.79 Å². The van der Waals surface area contributed by atoms with E-state index < -0.39 is 12.1 Å². The Bertz CT molecular complexity index is 851. The summed E-state index contributed by atoms with van der Waals surface area (Å²) < 4.78 is 10.2. The van der Waals surface area contributed by atoms with Crippen LogP contribution >= 0.6 is 0 Å². The van der Waals surface area contributed by atoms with Gasteiger partial charge in [0.15, 0.2) is 17.6 Å². The van der Waals surface area contributed by atoms with Crippen molar-refractivity contribution in [1.82, 2.24) is 0 Å². The number of ether oxygens (including phenoxy) is 2. The fourth-order valence-electron chi connectivity index (χ4n) is 2.45. The Labute approximate surface area is 152 Å². The fourth-order valence-corrected chi connectivity index (χ4v) is 2.45. The summed E-state index contributed by atoms with van der Waals surface area (Å²) in [6.07, 6.45) is 1.87. The molecule has 2 aromatic rings. The number of Topliss-reactive ketones (excluding diaryl/α,β-unsaturated/α-hetero) is 1. The van der Waals surface area contributed by atoms with Crippen LogP contribution in [0.15, 0.2) is 42.5 Å². The molecule has 0 saturated heterocycles. The maximum Gasteiger partial charge on any atom is 0.331 e. The Hall–Kier alpha value is -3.08. The highest BCUT2D eigenvalue weighted by atomic mass is 16.5. The lowest BCUT2D eigenvalue weighted by Gasteiger charge is -2.13. The van der Waals surface area contributed by atoms with Gasteiger partial charge < -0.3 is 14.6 Å². The second kappa shape index (κ2) is 8.34. The van der Waals surface area contributed by atoms with Gasteiger partial charge >= 0.3 is 5.97 Å². The zero-order valence-electron chi connectivity index (χ0n) is 15.3. The van der Waals surface area contributed by atoms with Crippen molar-refractivity contribution >= 4 is 17.8 Å². The number of carbonyl (C=O) groups is 2. The van der Waals surface area contributed by atoms with Gasteiger partial charge in [-0.25, -0.2) is 4.79 Å². The van der Waals surface area contributed by atoms with Gasteiger partial charge in [-0.1, -0.05) is 23.8 Å². The van der Waals surface area contributed by atoms with Gasteiger partial charge in [-0.15, -0.1) is 0 Å². The van der Waals surface area contributed by atoms with E-state index in [2.05, 4.69) is 0 Å². The first-order valence-electron chi connectivity index (χ1n) is 8.19. The van der Waals surface area contributed by atoms with E-state index in [1.807, 2.05) is 26.0 Å². The van der Waals surface area contributed by atoms with Crippen molar-refractivity contribution in [3.63, 3.8) is 0 Å². The molecule has 0 saturated carbocycles. The molecule has 0 aliphatic heterocycles. The summed E-state index contributed by atoms with van der Waals surface area (Å²) in [5.74, 6) is -0.540. The predicted octanol–water partition coefficient (Wildman–Crippen LogP) is 3.85. The largest absolute Gasteiger partial charge is 0.504 e. The number of phenolic OH excluding ortho intramolecular Hbond substituents is 1. The van der Waals surface area contributed by atoms with Crippen molar-refractivity contribution in [3.8, 4) is 11.5 Å². The molecule has 0 amide bonds. The van der Waals surface area contributed by atoms with Gasteiger partial charge in [-0.05, 0) is 56.2 Å². The van der Waals surface area contributed by atoms with Crippen LogP contribution in [0.3, 0.4) is 0 Å². The smallest absolute Gasteiger partial charge is 0.331 e. The number of aromatic hydroxyl groups is 1. The van der Waals surface area contributed by atoms with Crippen molar-refractivity contribution in [2.75, 3.05) is 7.11 Å². The second-order valence-corrected chi connectivity index (χ2v) is 6.03. The normalized spacial score (nSPS) is 12.0. The number of ketones is 1. The van der Waals surface area contributed by atoms with Crippen LogP contribution < -0.4 is 4.74 Å². The molecule has 136 valence electrons. The first-order valence-corrected chi connectivity index (χ1v) is 8.19. The molecular weight excluding hydrogens is 332 g/mol. The summed E-state index contributed by atoms with van der Waals surface area (Å²) in [5.41, 5.74) is 3.02. The highest BCUT2D eigenvalue weighted by Gasteiger charge is 2.20. The van der Waals surface area contributed by atoms with Gasteiger partial charge in [-0.2, -0.15) is 0 Å². The van der Waals surface area contributed by atoms with E-state index in [0.717, 1.165) is 11.1 Å². The van der Waals surface area contributed by atoms with E-state index in [-0.39, 0.29) is 11.5 Å². The molecule has 0 fully saturated rings. The monoisotopic (exact) mass is 354 g/mol. The lowest BCUT2D eigenvalue weighted by molar-refractivity contribution is -0.140. The molecule has 0 aromatic heterocycles. The Morgan fingerprint density at radius 1 is 1.12 bits per heavy atom. The minimum Gasteiger partial charge on any atom is -0.504 e. The molecule has 2 rings (SSSR count). The molecule has 0 heterocycles. The van der Waals surface area contributed by atoms with Gasteiger partial charge in [0.1, 0.15) is 0 Å². The summed E-state index contributed by atoms with van der Waals surface area (Å²) in [7, 11) is 1.44. The quantitative estimate of drug-likeness (QED) is 0.485. The maximum atomic E-state index is 12.5. The molecular formula is C21H22O5. The summed E-state index contributed by atoms with van der Waals surface area (Å²) in [6.45, 7) is 5.31. The standard InChI is InChI=1S/C21H22O5/c1-13-5-6-14(2)17(11-13)21(24)15(3)26-20(23)10-8-16-7-9-18(22)19(12-16)25-4/h5-12,15,22H,1-4H3/b10-8+/t15-/m1/s1. The number of carbonyl (C=O) groups excluding carboxylic acids is 2. The van der Waals surface area contributed by atoms with Crippen molar-refractivity contribution in [2.45, 2.75) is 26.9 Å². The molecule has 0 spiro atoms. The number of hydrogen-bond donors (Lipinski definition) is 1. The van der Waals surface area contributed by atoms with E-state index in [1.54, 1.807) is 25.1 Å². The molecule has 5 heteroatoms. The van der Waals surface area contributed by atoms with Crippen LogP contribution in [0.25, 0.3) is 6.08 Å². The molecule has 0 radical (unpaired) electrons. The van der Waals surface area contributed by atoms with E-state index in [9.17, 15) is 14.7 Å². The SMILES string of the molecule is COc1cc(/C=C/C(=O)O[C@H](C)C(=O)c2cc(C)ccc2C)ccc1O. The minimum atomic E-state index is -0.887. The zero-order chi connectivity index (χ0) is 19.3. The second-order valence-electron chi connectivity index (χ2n) is 6.03. The lowest BCUT2D eigenvalue weighted by atomic mass is 9.99. The highest BCUT2D eigenvalue weighted by molar-refractivity contribution is 6.02. The number of hydrogen-bond acceptors (Lipinski definition) is 5. The molecule has 0 aliphatic rings. The minimum absolute atomic E-state index is 0.0139. The van der Waals surface area contributed by atoms with Gasteiger partial charge in [0.25, 0.3) is 0 Å². The van der Waals surface area contributed by atoms with Gasteiger partial charge in [0, 0.05) is 11.6 Å². The van der Waals surface area contributed by atoms with Crippen LogP contribution in [0.1, 0.15) is 34.0 Å². The predicted molar refractivity (Wildman–Crippen MR) is 99.5 cm³/mol. The van der Waals surface area contributed by atoms with Crippen LogP contribution in [-0.4, -0.2) is 30.1 Å². The van der Waals surface area contributed by atoms with Gasteiger partial charge in [0.05, 0.1) is 7.11 Å². The average molecular weight is 354 g/mol. The summed E-state index contributed by atoms with van der Waals surface area (Å²) in [4.78, 5) is 24.5. The fraction of sp³-hybridized carbons (Fsp3) is 0.238. The van der Waals surface area contributed by atoms with Crippen molar-refractivity contribution in [3.05, 3.63) is 64.7 Å². The molecule has 2 aromatic carbocycles. The number of benzene rings is 2. The Morgan fingerprint density at radius 2 is 1.85 bits per heavy atom. The third-order valence-electron chi connectivity index (χ3n) is 3.94. The Kier molecular flexibility index (Phi) is 6.17. The van der Waals surface area contributed by atoms with E-state index in [4.69, 9.17) is 9.47 Å². The van der Waals surface area contributed by atoms with Crippen molar-refractivity contribution in [2.24, 2.45) is 0 Å². The molecule has 26 heavy (non-hydrogen) atoms. The van der Waals surface area contributed by atoms with Crippen molar-refractivity contribution < 1.29 is 24.2 Å². The van der Waals surface area contributed by atoms with Crippen LogP contribution in [0, 0.1) is 13.8 Å². The first-order chi connectivity index (χ1) is 12.3. The maximum absolute atomic E-state index is 12.5. The summed E-state index contributed by atoms with van der Waals surface area (Å²) in [5, 5.41) is 9.56. The Balaban J connectivity index is 2.04. The number of aryl methyl sites for hydroxylation is 2. The number of rotatable bonds is 6. The van der Waals surface area contributed by atoms with E-state index in [1.165, 1.54) is 25.3 Å². The molecule has 1 atom stereocenters. The molecule has 0 unspecified atom stereocenters. The number of esters is 1. The Morgan fingerprint density at radius 3 is 2.54 bits per heavy atom. The van der Waals surface area contributed by atoms with Crippen LogP contribution in [0.4, 0.5) is 0 Å². The van der Waals surface area contributed by atoms with Crippen molar-refractivity contribution in [1.29, 1.82) is 0 Å². The van der Waals surface area contributed by atoms with Crippen LogP contribution in [0.5, 0.6) is 11.5 Å². The lowest BCUT2D eigenvalue weighted by Crippen LogP contribution is -2.24. The van der Waals surface area contributed by atoms with Gasteiger partial charge in [0.2, 0.25) is 5.78 Å². The summed E-state index contributed by atoms with van der Waals surface area (Å²) >= 11 is 0. The molecule has 5 nitrogen and oxygen atoms in total. The highest BCUT2D eigenvalue weighted by Crippen LogP contribution is 2.26. The number of methoxy groups -OCH3 is 1.